The van der Waals surface area contributed by atoms with Gasteiger partial charge >= 0.3 is 0 Å². The zero-order chi connectivity index (χ0) is 21.5. The topological polar surface area (TPSA) is 72.8 Å². The molecule has 0 bridgehead atoms. The number of aromatic nitrogens is 1. The van der Waals surface area contributed by atoms with Crippen LogP contribution in [-0.2, 0) is 11.8 Å². The van der Waals surface area contributed by atoms with Gasteiger partial charge in [-0.1, -0.05) is 0 Å². The van der Waals surface area contributed by atoms with Gasteiger partial charge in [0, 0.05) is 43.4 Å². The third-order valence-corrected chi connectivity index (χ3v) is 6.31. The third-order valence-electron chi connectivity index (χ3n) is 6.31. The Morgan fingerprint density at radius 3 is 2.74 bits per heavy atom. The van der Waals surface area contributed by atoms with Crippen molar-refractivity contribution in [1.82, 2.24) is 9.47 Å². The fraction of sp³-hybridized carbons (Fsp3) is 0.333. The smallest absolute Gasteiger partial charge is 0.262 e. The van der Waals surface area contributed by atoms with Crippen molar-refractivity contribution >= 4 is 28.4 Å². The van der Waals surface area contributed by atoms with Gasteiger partial charge in [0.05, 0.1) is 18.3 Å². The number of hydrogen-bond acceptors (Lipinski definition) is 4. The number of aryl methyl sites for hydroxylation is 1. The average Bonchev–Trinajstić information content (AvgIpc) is 3.14. The maximum Gasteiger partial charge on any atom is 0.262 e. The van der Waals surface area contributed by atoms with Crippen LogP contribution in [0.4, 0.5) is 5.69 Å². The molecule has 31 heavy (non-hydrogen) atoms. The molecule has 0 atom stereocenters. The van der Waals surface area contributed by atoms with Crippen LogP contribution in [0.15, 0.2) is 42.6 Å². The van der Waals surface area contributed by atoms with E-state index in [9.17, 15) is 9.59 Å². The molecule has 0 radical (unpaired) electrons. The van der Waals surface area contributed by atoms with E-state index in [1.807, 2.05) is 11.0 Å². The van der Waals surface area contributed by atoms with Crippen LogP contribution in [0.1, 0.15) is 34.7 Å². The van der Waals surface area contributed by atoms with Crippen molar-refractivity contribution in [2.75, 3.05) is 32.1 Å². The monoisotopic (exact) mass is 419 g/mol. The van der Waals surface area contributed by atoms with E-state index in [2.05, 4.69) is 35.3 Å². The van der Waals surface area contributed by atoms with Crippen LogP contribution >= 0.6 is 0 Å². The van der Waals surface area contributed by atoms with Crippen LogP contribution < -0.4 is 14.8 Å². The Labute approximate surface area is 180 Å². The SMILES string of the molecule is COc1ccc2c(C3CCN(C(=O)c4ccc5c(c4)NC(=O)CO5)CC3)cn(C)c2c1. The molecule has 2 aliphatic rings. The summed E-state index contributed by atoms with van der Waals surface area (Å²) in [6.45, 7) is 1.42. The number of methoxy groups -OCH3 is 1. The van der Waals surface area contributed by atoms with Crippen molar-refractivity contribution in [2.45, 2.75) is 18.8 Å². The first-order valence-electron chi connectivity index (χ1n) is 10.5. The van der Waals surface area contributed by atoms with Crippen LogP contribution in [0.25, 0.3) is 10.9 Å². The quantitative estimate of drug-likeness (QED) is 0.705. The van der Waals surface area contributed by atoms with Gasteiger partial charge in [0.15, 0.2) is 6.61 Å². The second-order valence-corrected chi connectivity index (χ2v) is 8.19. The van der Waals surface area contributed by atoms with E-state index in [-0.39, 0.29) is 18.4 Å². The Bertz CT molecular complexity index is 1180. The second kappa shape index (κ2) is 7.65. The summed E-state index contributed by atoms with van der Waals surface area (Å²) in [5.74, 6) is 1.65. The molecule has 1 saturated heterocycles. The van der Waals surface area contributed by atoms with E-state index >= 15 is 0 Å². The molecule has 3 aromatic rings. The summed E-state index contributed by atoms with van der Waals surface area (Å²) in [6.07, 6.45) is 4.04. The average molecular weight is 419 g/mol. The Kier molecular flexibility index (Phi) is 4.81. The standard InChI is InChI=1S/C24H25N3O4/c1-26-13-19(18-5-4-17(30-2)12-21(18)26)15-7-9-27(10-8-15)24(29)16-3-6-22-20(11-16)25-23(28)14-31-22/h3-6,11-13,15H,7-10,14H2,1-2H3,(H,25,28). The lowest BCUT2D eigenvalue weighted by Gasteiger charge is -2.32. The molecule has 0 spiro atoms. The van der Waals surface area contributed by atoms with Crippen molar-refractivity contribution in [3.05, 3.63) is 53.7 Å². The summed E-state index contributed by atoms with van der Waals surface area (Å²) in [6, 6.07) is 11.4. The summed E-state index contributed by atoms with van der Waals surface area (Å²) in [5.41, 5.74) is 3.62. The number of carbonyl (C=O) groups excluding carboxylic acids is 2. The zero-order valence-electron chi connectivity index (χ0n) is 17.7. The first-order chi connectivity index (χ1) is 15.0. The maximum atomic E-state index is 13.1. The number of benzene rings is 2. The van der Waals surface area contributed by atoms with Crippen LogP contribution in [0.5, 0.6) is 11.5 Å². The van der Waals surface area contributed by atoms with E-state index in [4.69, 9.17) is 9.47 Å². The number of hydrogen-bond donors (Lipinski definition) is 1. The fourth-order valence-corrected chi connectivity index (χ4v) is 4.64. The van der Waals surface area contributed by atoms with E-state index < -0.39 is 0 Å². The van der Waals surface area contributed by atoms with Gasteiger partial charge in [-0.15, -0.1) is 0 Å². The number of carbonyl (C=O) groups is 2. The molecule has 2 aromatic carbocycles. The van der Waals surface area contributed by atoms with Crippen molar-refractivity contribution < 1.29 is 19.1 Å². The van der Waals surface area contributed by atoms with Gasteiger partial charge in [0.1, 0.15) is 11.5 Å². The minimum atomic E-state index is -0.203. The largest absolute Gasteiger partial charge is 0.497 e. The lowest BCUT2D eigenvalue weighted by atomic mass is 9.89. The number of nitrogens with one attached hydrogen (secondary N) is 1. The molecule has 1 fully saturated rings. The molecule has 1 aromatic heterocycles. The molecule has 0 saturated carbocycles. The summed E-state index contributed by atoms with van der Waals surface area (Å²) >= 11 is 0. The Morgan fingerprint density at radius 2 is 1.97 bits per heavy atom. The van der Waals surface area contributed by atoms with Crippen LogP contribution in [0.3, 0.4) is 0 Å². The van der Waals surface area contributed by atoms with Crippen LogP contribution in [0, 0.1) is 0 Å². The van der Waals surface area contributed by atoms with Gasteiger partial charge in [0.2, 0.25) is 0 Å². The highest BCUT2D eigenvalue weighted by Crippen LogP contribution is 2.36. The fourth-order valence-electron chi connectivity index (χ4n) is 4.64. The molecule has 7 nitrogen and oxygen atoms in total. The highest BCUT2D eigenvalue weighted by atomic mass is 16.5. The van der Waals surface area contributed by atoms with Crippen molar-refractivity contribution in [2.24, 2.45) is 7.05 Å². The first kappa shape index (κ1) is 19.5. The zero-order valence-corrected chi connectivity index (χ0v) is 17.7. The van der Waals surface area contributed by atoms with Gasteiger partial charge in [-0.05, 0) is 54.7 Å². The van der Waals surface area contributed by atoms with Crippen LogP contribution in [-0.4, -0.2) is 48.1 Å². The molecule has 5 rings (SSSR count). The number of amides is 2. The number of ether oxygens (including phenoxy) is 2. The Morgan fingerprint density at radius 1 is 1.16 bits per heavy atom. The molecule has 7 heteroatoms. The number of nitrogens with zero attached hydrogens (tertiary/aromatic N) is 2. The molecule has 3 heterocycles. The number of anilines is 1. The van der Waals surface area contributed by atoms with Gasteiger partial charge in [-0.2, -0.15) is 0 Å². The molecule has 2 amide bonds. The van der Waals surface area contributed by atoms with Crippen molar-refractivity contribution in [1.29, 1.82) is 0 Å². The molecule has 160 valence electrons. The Hall–Kier alpha value is -3.48. The predicted molar refractivity (Wildman–Crippen MR) is 118 cm³/mol. The molecule has 0 unspecified atom stereocenters. The lowest BCUT2D eigenvalue weighted by molar-refractivity contribution is -0.118. The molecular weight excluding hydrogens is 394 g/mol. The molecular formula is C24H25N3O4. The van der Waals surface area contributed by atoms with E-state index in [0.717, 1.165) is 24.1 Å². The van der Waals surface area contributed by atoms with Gasteiger partial charge in [0.25, 0.3) is 11.8 Å². The van der Waals surface area contributed by atoms with E-state index in [1.54, 1.807) is 25.3 Å². The summed E-state index contributed by atoms with van der Waals surface area (Å²) in [4.78, 5) is 26.5. The summed E-state index contributed by atoms with van der Waals surface area (Å²) in [5, 5.41) is 4.02. The number of rotatable bonds is 3. The van der Waals surface area contributed by atoms with Gasteiger partial charge < -0.3 is 24.3 Å². The summed E-state index contributed by atoms with van der Waals surface area (Å²) < 4.78 is 12.9. The van der Waals surface area contributed by atoms with E-state index in [0.29, 0.717) is 36.0 Å². The number of fused-ring (bicyclic) bond motifs is 2. The molecule has 2 aliphatic heterocycles. The van der Waals surface area contributed by atoms with Crippen molar-refractivity contribution in [3.63, 3.8) is 0 Å². The minimum absolute atomic E-state index is 0.00869. The normalized spacial score (nSPS) is 16.6. The highest BCUT2D eigenvalue weighted by Gasteiger charge is 2.27. The number of piperidine rings is 1. The first-order valence-corrected chi connectivity index (χ1v) is 10.5. The predicted octanol–water partition coefficient (Wildman–Crippen LogP) is 3.54. The van der Waals surface area contributed by atoms with Gasteiger partial charge in [-0.25, -0.2) is 0 Å². The Balaban J connectivity index is 1.31. The number of likely N-dealkylation sites (tertiary alicyclic amines) is 1. The molecule has 0 aliphatic carbocycles. The second-order valence-electron chi connectivity index (χ2n) is 8.19. The van der Waals surface area contributed by atoms with Crippen molar-refractivity contribution in [3.8, 4) is 11.5 Å². The van der Waals surface area contributed by atoms with Crippen LogP contribution in [0.2, 0.25) is 0 Å². The third kappa shape index (κ3) is 3.50. The summed E-state index contributed by atoms with van der Waals surface area (Å²) in [7, 11) is 3.74. The minimum Gasteiger partial charge on any atom is -0.497 e. The maximum absolute atomic E-state index is 13.1. The highest BCUT2D eigenvalue weighted by molar-refractivity contribution is 6.00. The molecule has 1 N–H and O–H groups in total. The van der Waals surface area contributed by atoms with Gasteiger partial charge in [-0.3, -0.25) is 9.59 Å². The lowest BCUT2D eigenvalue weighted by Crippen LogP contribution is -2.38. The van der Waals surface area contributed by atoms with E-state index in [1.165, 1.54) is 10.9 Å².